The van der Waals surface area contributed by atoms with Gasteiger partial charge in [0.1, 0.15) is 18.1 Å². The zero-order valence-electron chi connectivity index (χ0n) is 17.1. The highest BCUT2D eigenvalue weighted by Crippen LogP contribution is 2.43. The summed E-state index contributed by atoms with van der Waals surface area (Å²) >= 11 is 0. The smallest absolute Gasteiger partial charge is 0.274 e. The minimum Gasteiger partial charge on any atom is -0.394 e. The largest absolute Gasteiger partial charge is 0.394 e. The van der Waals surface area contributed by atoms with Crippen LogP contribution in [0.5, 0.6) is 0 Å². The monoisotopic (exact) mass is 432 g/mol. The molecule has 3 heterocycles. The van der Waals surface area contributed by atoms with Crippen LogP contribution in [-0.2, 0) is 4.79 Å². The van der Waals surface area contributed by atoms with E-state index in [0.717, 1.165) is 16.7 Å². The van der Waals surface area contributed by atoms with E-state index in [1.54, 1.807) is 17.0 Å². The number of hydrogen-bond donors (Lipinski definition) is 1. The minimum atomic E-state index is -0.330. The van der Waals surface area contributed by atoms with Gasteiger partial charge in [-0.15, -0.1) is 0 Å². The Bertz CT molecular complexity index is 1140. The number of halogens is 1. The van der Waals surface area contributed by atoms with Crippen molar-refractivity contribution in [3.63, 3.8) is 0 Å². The van der Waals surface area contributed by atoms with Crippen molar-refractivity contribution in [2.75, 3.05) is 19.7 Å². The van der Waals surface area contributed by atoms with Crippen molar-refractivity contribution in [3.8, 4) is 11.1 Å². The molecule has 0 aliphatic carbocycles. The number of fused-ring (bicyclic) bond motifs is 1. The second-order valence-electron chi connectivity index (χ2n) is 8.05. The van der Waals surface area contributed by atoms with Crippen LogP contribution in [0.2, 0.25) is 0 Å². The van der Waals surface area contributed by atoms with Gasteiger partial charge in [0.25, 0.3) is 5.91 Å². The molecule has 0 radical (unpaired) electrons. The molecule has 2 aliphatic rings. The molecule has 0 bridgehead atoms. The molecule has 2 aliphatic heterocycles. The third-order valence-electron chi connectivity index (χ3n) is 6.29. The molecule has 2 aromatic carbocycles. The Labute approximate surface area is 184 Å². The minimum absolute atomic E-state index is 0.0430. The maximum absolute atomic E-state index is 13.2. The fourth-order valence-corrected chi connectivity index (χ4v) is 4.77. The van der Waals surface area contributed by atoms with Gasteiger partial charge in [-0.05, 0) is 28.8 Å². The van der Waals surface area contributed by atoms with E-state index in [-0.39, 0.29) is 54.5 Å². The number of benzene rings is 2. The van der Waals surface area contributed by atoms with E-state index < -0.39 is 0 Å². The molecule has 162 valence electrons. The summed E-state index contributed by atoms with van der Waals surface area (Å²) in [5.41, 5.74) is 3.04. The highest BCUT2D eigenvalue weighted by atomic mass is 19.1. The normalized spacial score (nSPS) is 22.3. The van der Waals surface area contributed by atoms with E-state index in [0.29, 0.717) is 6.54 Å². The summed E-state index contributed by atoms with van der Waals surface area (Å²) in [4.78, 5) is 36.8. The third kappa shape index (κ3) is 3.42. The Hall–Kier alpha value is -3.65. The van der Waals surface area contributed by atoms with Crippen LogP contribution in [0.1, 0.15) is 22.0 Å². The highest BCUT2D eigenvalue weighted by molar-refractivity contribution is 5.96. The van der Waals surface area contributed by atoms with Gasteiger partial charge in [0.15, 0.2) is 0 Å². The number of hydrogen-bond acceptors (Lipinski definition) is 5. The molecule has 1 N–H and O–H groups in total. The summed E-state index contributed by atoms with van der Waals surface area (Å²) in [5, 5.41) is 9.96. The number of carbonyl (C=O) groups is 2. The van der Waals surface area contributed by atoms with Crippen molar-refractivity contribution in [1.82, 2.24) is 19.8 Å². The molecule has 7 nitrogen and oxygen atoms in total. The molecule has 32 heavy (non-hydrogen) atoms. The predicted molar refractivity (Wildman–Crippen MR) is 114 cm³/mol. The standard InChI is InChI=1S/C24H21FN4O3/c25-18-7-5-16(6-8-18)15-1-3-17(4-2-15)23-20-12-28(13-22(31)29(20)21(23)14-30)24(32)19-11-26-9-10-27-19/h1-11,20-21,23,30H,12-14H2/t20-,21-,23-/m1/s1. The highest BCUT2D eigenvalue weighted by Gasteiger charge is 2.54. The number of amides is 2. The third-order valence-corrected chi connectivity index (χ3v) is 6.29. The molecule has 2 saturated heterocycles. The van der Waals surface area contributed by atoms with E-state index >= 15 is 0 Å². The molecular weight excluding hydrogens is 411 g/mol. The van der Waals surface area contributed by atoms with Gasteiger partial charge >= 0.3 is 0 Å². The first kappa shape index (κ1) is 20.3. The molecule has 3 aromatic rings. The second-order valence-corrected chi connectivity index (χ2v) is 8.05. The van der Waals surface area contributed by atoms with E-state index in [4.69, 9.17) is 0 Å². The summed E-state index contributed by atoms with van der Waals surface area (Å²) < 4.78 is 13.2. The van der Waals surface area contributed by atoms with Gasteiger partial charge in [0.2, 0.25) is 5.91 Å². The first-order valence-electron chi connectivity index (χ1n) is 10.4. The van der Waals surface area contributed by atoms with Crippen LogP contribution in [0.25, 0.3) is 11.1 Å². The van der Waals surface area contributed by atoms with Crippen molar-refractivity contribution in [2.45, 2.75) is 18.0 Å². The van der Waals surface area contributed by atoms with E-state index in [1.165, 1.54) is 35.6 Å². The maximum atomic E-state index is 13.2. The number of nitrogens with zero attached hydrogens (tertiary/aromatic N) is 4. The molecule has 2 fully saturated rings. The average Bonchev–Trinajstić information content (AvgIpc) is 2.81. The number of carbonyl (C=O) groups excluding carboxylic acids is 2. The topological polar surface area (TPSA) is 86.6 Å². The molecule has 5 rings (SSSR count). The summed E-state index contributed by atoms with van der Waals surface area (Å²) in [7, 11) is 0. The average molecular weight is 432 g/mol. The Morgan fingerprint density at radius 1 is 1.06 bits per heavy atom. The summed E-state index contributed by atoms with van der Waals surface area (Å²) in [5.74, 6) is -0.891. The molecular formula is C24H21FN4O3. The van der Waals surface area contributed by atoms with Crippen molar-refractivity contribution in [1.29, 1.82) is 0 Å². The number of aromatic nitrogens is 2. The lowest BCUT2D eigenvalue weighted by Gasteiger charge is -2.58. The van der Waals surface area contributed by atoms with Gasteiger partial charge < -0.3 is 14.9 Å². The number of piperazine rings is 1. The first-order valence-corrected chi connectivity index (χ1v) is 10.4. The number of rotatable bonds is 4. The molecule has 8 heteroatoms. The molecule has 0 unspecified atom stereocenters. The van der Waals surface area contributed by atoms with Crippen LogP contribution < -0.4 is 0 Å². The molecule has 2 amide bonds. The fraction of sp³-hybridized carbons (Fsp3) is 0.250. The number of aliphatic hydroxyl groups excluding tert-OH is 1. The van der Waals surface area contributed by atoms with Crippen molar-refractivity contribution in [2.24, 2.45) is 0 Å². The molecule has 0 spiro atoms. The quantitative estimate of drug-likeness (QED) is 0.682. The SMILES string of the molecule is O=C(c1cnccn1)N1CC(=O)N2[C@H](CO)[C@H](c3ccc(-c4ccc(F)cc4)cc3)[C@H]2C1. The van der Waals surface area contributed by atoms with Crippen LogP contribution in [0, 0.1) is 5.82 Å². The van der Waals surface area contributed by atoms with Crippen LogP contribution >= 0.6 is 0 Å². The Kier molecular flexibility index (Phi) is 5.14. The zero-order chi connectivity index (χ0) is 22.2. The lowest BCUT2D eigenvalue weighted by Crippen LogP contribution is -2.73. The number of aliphatic hydroxyl groups is 1. The lowest BCUT2D eigenvalue weighted by molar-refractivity contribution is -0.159. The summed E-state index contributed by atoms with van der Waals surface area (Å²) in [6, 6.07) is 13.6. The van der Waals surface area contributed by atoms with Crippen molar-refractivity contribution < 1.29 is 19.1 Å². The summed E-state index contributed by atoms with van der Waals surface area (Å²) in [6.07, 6.45) is 4.33. The van der Waals surface area contributed by atoms with Gasteiger partial charge in [0, 0.05) is 24.9 Å². The van der Waals surface area contributed by atoms with Crippen LogP contribution in [0.4, 0.5) is 4.39 Å². The van der Waals surface area contributed by atoms with Crippen LogP contribution in [-0.4, -0.2) is 68.5 Å². The van der Waals surface area contributed by atoms with Crippen molar-refractivity contribution in [3.05, 3.63) is 84.2 Å². The second kappa shape index (κ2) is 8.12. The first-order chi connectivity index (χ1) is 15.6. The molecule has 0 saturated carbocycles. The maximum Gasteiger partial charge on any atom is 0.274 e. The van der Waals surface area contributed by atoms with Gasteiger partial charge in [-0.3, -0.25) is 14.6 Å². The predicted octanol–water partition coefficient (Wildman–Crippen LogP) is 2.09. The summed E-state index contributed by atoms with van der Waals surface area (Å²) in [6.45, 7) is 0.172. The van der Waals surface area contributed by atoms with Crippen LogP contribution in [0.3, 0.4) is 0 Å². The van der Waals surface area contributed by atoms with Crippen molar-refractivity contribution >= 4 is 11.8 Å². The Morgan fingerprint density at radius 2 is 1.75 bits per heavy atom. The Balaban J connectivity index is 1.38. The lowest BCUT2D eigenvalue weighted by atomic mass is 9.73. The van der Waals surface area contributed by atoms with E-state index in [2.05, 4.69) is 9.97 Å². The van der Waals surface area contributed by atoms with Gasteiger partial charge in [0.05, 0.1) is 24.9 Å². The van der Waals surface area contributed by atoms with E-state index in [1.807, 2.05) is 24.3 Å². The molecule has 1 aromatic heterocycles. The van der Waals surface area contributed by atoms with Gasteiger partial charge in [-0.1, -0.05) is 36.4 Å². The van der Waals surface area contributed by atoms with E-state index in [9.17, 15) is 19.1 Å². The van der Waals surface area contributed by atoms with Gasteiger partial charge in [-0.25, -0.2) is 9.37 Å². The van der Waals surface area contributed by atoms with Crippen LogP contribution in [0.15, 0.2) is 67.1 Å². The van der Waals surface area contributed by atoms with Gasteiger partial charge in [-0.2, -0.15) is 0 Å². The molecule has 3 atom stereocenters. The zero-order valence-corrected chi connectivity index (χ0v) is 17.1. The fourth-order valence-electron chi connectivity index (χ4n) is 4.77. The Morgan fingerprint density at radius 3 is 2.38 bits per heavy atom.